The number of anilines is 1. The van der Waals surface area contributed by atoms with Crippen molar-refractivity contribution in [1.29, 1.82) is 0 Å². The minimum Gasteiger partial charge on any atom is -0.496 e. The van der Waals surface area contributed by atoms with Gasteiger partial charge in [-0.3, -0.25) is 14.7 Å². The number of nitrogens with zero attached hydrogens (tertiary/aromatic N) is 3. The van der Waals surface area contributed by atoms with Crippen molar-refractivity contribution >= 4 is 28.6 Å². The molecule has 3 aromatic rings. The Morgan fingerprint density at radius 2 is 1.85 bits per heavy atom. The molecule has 2 aliphatic carbocycles. The molecule has 0 unspecified atom stereocenters. The maximum atomic E-state index is 12.6. The van der Waals surface area contributed by atoms with E-state index in [4.69, 9.17) is 9.47 Å². The third-order valence-corrected chi connectivity index (χ3v) is 6.97. The van der Waals surface area contributed by atoms with Crippen molar-refractivity contribution in [3.05, 3.63) is 52.6 Å². The van der Waals surface area contributed by atoms with Crippen molar-refractivity contribution in [2.45, 2.75) is 83.4 Å². The van der Waals surface area contributed by atoms with E-state index in [1.54, 1.807) is 46.1 Å². The van der Waals surface area contributed by atoms with E-state index in [-0.39, 0.29) is 34.9 Å². The summed E-state index contributed by atoms with van der Waals surface area (Å²) in [7, 11) is 3.35. The molecule has 2 heterocycles. The summed E-state index contributed by atoms with van der Waals surface area (Å²) in [6.07, 6.45) is 11.2. The molecule has 0 atom stereocenters. The number of carbonyl (C=O) groups is 2. The van der Waals surface area contributed by atoms with Crippen molar-refractivity contribution in [2.75, 3.05) is 19.5 Å². The van der Waals surface area contributed by atoms with Crippen molar-refractivity contribution < 1.29 is 19.1 Å². The first kappa shape index (κ1) is 28.2. The van der Waals surface area contributed by atoms with Crippen LogP contribution in [0.25, 0.3) is 10.9 Å². The molecule has 10 heteroatoms. The minimum absolute atomic E-state index is 0.184. The summed E-state index contributed by atoms with van der Waals surface area (Å²) in [5.74, 6) is 0.0308. The average molecular weight is 538 g/mol. The maximum Gasteiger partial charge on any atom is 0.410 e. The highest BCUT2D eigenvalue weighted by Gasteiger charge is 2.27. The molecule has 1 aromatic carbocycles. The molecule has 2 aliphatic rings. The summed E-state index contributed by atoms with van der Waals surface area (Å²) in [5.41, 5.74) is 0.826. The summed E-state index contributed by atoms with van der Waals surface area (Å²) in [5, 5.41) is 10.3. The van der Waals surface area contributed by atoms with Crippen molar-refractivity contribution in [3.63, 3.8) is 0 Å². The lowest BCUT2D eigenvalue weighted by Crippen LogP contribution is -2.41. The number of aromatic amines is 1. The molecular formula is C29H39N5O5. The van der Waals surface area contributed by atoms with Gasteiger partial charge in [0.15, 0.2) is 0 Å². The van der Waals surface area contributed by atoms with Gasteiger partial charge in [0.1, 0.15) is 17.0 Å². The number of aromatic nitrogens is 3. The third kappa shape index (κ3) is 7.19. The molecule has 0 spiro atoms. The number of H-pyrrole nitrogens is 1. The second-order valence-electron chi connectivity index (χ2n) is 11.2. The summed E-state index contributed by atoms with van der Waals surface area (Å²) in [4.78, 5) is 38.6. The van der Waals surface area contributed by atoms with E-state index in [0.717, 1.165) is 36.6 Å². The highest BCUT2D eigenvalue weighted by atomic mass is 16.6. The first-order valence-electron chi connectivity index (χ1n) is 13.6. The molecule has 0 radical (unpaired) electrons. The Morgan fingerprint density at radius 3 is 2.49 bits per heavy atom. The molecule has 2 fully saturated rings. The average Bonchev–Trinajstić information content (AvgIpc) is 3.65. The van der Waals surface area contributed by atoms with Gasteiger partial charge in [0, 0.05) is 36.8 Å². The van der Waals surface area contributed by atoms with Gasteiger partial charge in [-0.2, -0.15) is 5.10 Å². The maximum absolute atomic E-state index is 12.6. The van der Waals surface area contributed by atoms with Crippen molar-refractivity contribution in [1.82, 2.24) is 19.7 Å². The van der Waals surface area contributed by atoms with Gasteiger partial charge in [-0.05, 0) is 64.7 Å². The van der Waals surface area contributed by atoms with Gasteiger partial charge in [0.2, 0.25) is 0 Å². The van der Waals surface area contributed by atoms with E-state index in [0.29, 0.717) is 17.4 Å². The Hall–Kier alpha value is -3.82. The number of amides is 2. The number of benzene rings is 1. The van der Waals surface area contributed by atoms with Crippen LogP contribution in [-0.4, -0.2) is 57.5 Å². The predicted octanol–water partition coefficient (Wildman–Crippen LogP) is 5.51. The third-order valence-electron chi connectivity index (χ3n) is 6.97. The fourth-order valence-corrected chi connectivity index (χ4v) is 4.70. The van der Waals surface area contributed by atoms with Gasteiger partial charge in [0.25, 0.3) is 11.5 Å². The highest BCUT2D eigenvalue weighted by molar-refractivity contribution is 6.08. The molecule has 10 nitrogen and oxygen atoms in total. The quantitative estimate of drug-likeness (QED) is 0.443. The number of hydrogen-bond acceptors (Lipinski definition) is 6. The first-order valence-corrected chi connectivity index (χ1v) is 13.6. The zero-order chi connectivity index (χ0) is 28.2. The van der Waals surface area contributed by atoms with Crippen LogP contribution in [0.4, 0.5) is 10.5 Å². The van der Waals surface area contributed by atoms with Gasteiger partial charge < -0.3 is 24.3 Å². The van der Waals surface area contributed by atoms with Gasteiger partial charge in [-0.25, -0.2) is 4.79 Å². The topological polar surface area (TPSA) is 119 Å². The molecular weight excluding hydrogens is 498 g/mol. The lowest BCUT2D eigenvalue weighted by molar-refractivity contribution is 0.0188. The van der Waals surface area contributed by atoms with Crippen molar-refractivity contribution in [2.24, 2.45) is 0 Å². The SMILES string of the molecule is CN(C(=O)OC(C)(C)C)C1CCCCC1.COc1cc2[nH]ncc2cc1C(=O)Nc1cccn(C2CC2)c1=O. The summed E-state index contributed by atoms with van der Waals surface area (Å²) >= 11 is 0. The smallest absolute Gasteiger partial charge is 0.410 e. The molecule has 210 valence electrons. The largest absolute Gasteiger partial charge is 0.496 e. The van der Waals surface area contributed by atoms with Crippen LogP contribution in [-0.2, 0) is 4.74 Å². The van der Waals surface area contributed by atoms with Crippen LogP contribution >= 0.6 is 0 Å². The Balaban J connectivity index is 0.000000204. The Morgan fingerprint density at radius 1 is 1.13 bits per heavy atom. The first-order chi connectivity index (χ1) is 18.6. The molecule has 2 saturated carbocycles. The standard InChI is InChI=1S/C17H16N4O3.C12H23NO2/c1-24-15-8-14-10(9-18-20-14)7-12(15)16(22)19-13-3-2-6-21(17(13)23)11-4-5-11;1-12(2,3)15-11(14)13(4)10-8-6-5-7-9-10/h2-3,6-9,11H,4-5H2,1H3,(H,18,20)(H,19,22);10H,5-9H2,1-4H3. The molecule has 2 N–H and O–H groups in total. The van der Waals surface area contributed by atoms with Crippen LogP contribution in [0.15, 0.2) is 41.5 Å². The predicted molar refractivity (Wildman–Crippen MR) is 150 cm³/mol. The molecule has 5 rings (SSSR count). The molecule has 0 bridgehead atoms. The number of rotatable bonds is 5. The number of fused-ring (bicyclic) bond motifs is 1. The fraction of sp³-hybridized carbons (Fsp3) is 0.517. The summed E-state index contributed by atoms with van der Waals surface area (Å²) in [6.45, 7) is 5.71. The second kappa shape index (κ2) is 11.9. The van der Waals surface area contributed by atoms with Crippen LogP contribution in [0.3, 0.4) is 0 Å². The summed E-state index contributed by atoms with van der Waals surface area (Å²) < 4.78 is 12.3. The van der Waals surface area contributed by atoms with Gasteiger partial charge >= 0.3 is 6.09 Å². The lowest BCUT2D eigenvalue weighted by atomic mass is 9.95. The molecule has 39 heavy (non-hydrogen) atoms. The number of ether oxygens (including phenoxy) is 2. The van der Waals surface area contributed by atoms with E-state index in [2.05, 4.69) is 15.5 Å². The van der Waals surface area contributed by atoms with Crippen molar-refractivity contribution in [3.8, 4) is 5.75 Å². The van der Waals surface area contributed by atoms with Crippen LogP contribution in [0.5, 0.6) is 5.75 Å². The fourth-order valence-electron chi connectivity index (χ4n) is 4.70. The number of hydrogen-bond donors (Lipinski definition) is 2. The van der Waals surface area contributed by atoms with E-state index in [1.807, 2.05) is 27.8 Å². The number of methoxy groups -OCH3 is 1. The molecule has 0 saturated heterocycles. The van der Waals surface area contributed by atoms with E-state index >= 15 is 0 Å². The molecule has 2 aromatic heterocycles. The van der Waals surface area contributed by atoms with Crippen LogP contribution < -0.4 is 15.6 Å². The molecule has 2 amide bonds. The number of pyridine rings is 1. The molecule has 0 aliphatic heterocycles. The van der Waals surface area contributed by atoms with Gasteiger partial charge in [-0.15, -0.1) is 0 Å². The van der Waals surface area contributed by atoms with E-state index in [1.165, 1.54) is 26.4 Å². The van der Waals surface area contributed by atoms with Gasteiger partial charge in [-0.1, -0.05) is 19.3 Å². The number of nitrogens with one attached hydrogen (secondary N) is 2. The van der Waals surface area contributed by atoms with Crippen LogP contribution in [0, 0.1) is 0 Å². The van der Waals surface area contributed by atoms with E-state index in [9.17, 15) is 14.4 Å². The Kier molecular flexibility index (Phi) is 8.62. The highest BCUT2D eigenvalue weighted by Crippen LogP contribution is 2.33. The minimum atomic E-state index is -0.389. The zero-order valence-electron chi connectivity index (χ0n) is 23.5. The van der Waals surface area contributed by atoms with Crippen LogP contribution in [0.2, 0.25) is 0 Å². The Labute approximate surface area is 228 Å². The monoisotopic (exact) mass is 537 g/mol. The zero-order valence-corrected chi connectivity index (χ0v) is 23.5. The Bertz CT molecular complexity index is 1360. The number of carbonyl (C=O) groups excluding carboxylic acids is 2. The lowest BCUT2D eigenvalue weighted by Gasteiger charge is -2.32. The van der Waals surface area contributed by atoms with Crippen LogP contribution in [0.1, 0.15) is 82.1 Å². The second-order valence-corrected chi connectivity index (χ2v) is 11.2. The summed E-state index contributed by atoms with van der Waals surface area (Å²) in [6, 6.07) is 7.42. The normalized spacial score (nSPS) is 15.7. The van der Waals surface area contributed by atoms with E-state index < -0.39 is 0 Å². The van der Waals surface area contributed by atoms with Gasteiger partial charge in [0.05, 0.1) is 24.4 Å².